The predicted octanol–water partition coefficient (Wildman–Crippen LogP) is 5.78. The number of rotatable bonds is 6. The van der Waals surface area contributed by atoms with Crippen LogP contribution in [0.4, 0.5) is 15.8 Å². The molecule has 1 aliphatic rings. The number of benzene rings is 2. The minimum atomic E-state index is -0.201. The van der Waals surface area contributed by atoms with E-state index in [0.717, 1.165) is 37.6 Å². The van der Waals surface area contributed by atoms with Gasteiger partial charge in [-0.25, -0.2) is 4.39 Å². The molecule has 2 atom stereocenters. The van der Waals surface area contributed by atoms with Crippen molar-refractivity contribution < 1.29 is 4.39 Å². The van der Waals surface area contributed by atoms with Gasteiger partial charge in [0.25, 0.3) is 0 Å². The number of nitrogens with one attached hydrogen (secondary N) is 2. The number of piperazine rings is 1. The average Bonchev–Trinajstić information content (AvgIpc) is 3.29. The van der Waals surface area contributed by atoms with Crippen LogP contribution in [0.5, 0.6) is 0 Å². The molecule has 2 N–H and O–H groups in total. The fourth-order valence-electron chi connectivity index (χ4n) is 4.13. The Hall–Kier alpha value is -2.19. The van der Waals surface area contributed by atoms with E-state index in [2.05, 4.69) is 44.9 Å². The molecule has 1 fully saturated rings. The van der Waals surface area contributed by atoms with Crippen molar-refractivity contribution in [3.05, 3.63) is 81.8 Å². The van der Waals surface area contributed by atoms with Crippen LogP contribution in [0.15, 0.2) is 66.0 Å². The summed E-state index contributed by atoms with van der Waals surface area (Å²) in [5.41, 5.74) is 1.93. The lowest BCUT2D eigenvalue weighted by Gasteiger charge is -2.42. The van der Waals surface area contributed by atoms with E-state index in [1.54, 1.807) is 11.3 Å². The van der Waals surface area contributed by atoms with Gasteiger partial charge in [0.1, 0.15) is 5.82 Å². The molecule has 8 heteroatoms. The molecule has 1 aromatic heterocycles. The first kappa shape index (κ1) is 23.0. The van der Waals surface area contributed by atoms with Gasteiger partial charge in [0, 0.05) is 53.5 Å². The van der Waals surface area contributed by atoms with E-state index < -0.39 is 0 Å². The van der Waals surface area contributed by atoms with Crippen LogP contribution in [0.3, 0.4) is 0 Å². The van der Waals surface area contributed by atoms with Crippen LogP contribution >= 0.6 is 35.2 Å². The van der Waals surface area contributed by atoms with Gasteiger partial charge in [-0.2, -0.15) is 0 Å². The molecule has 0 amide bonds. The fraction of sp³-hybridized carbons (Fsp3) is 0.292. The SMILES string of the molecule is C[C@@H](NC(=S)Nc1cccc(Cl)c1)[C@@H](c1cccs1)N1CCN(c2ccc(F)cc2)CC1. The third-order valence-electron chi connectivity index (χ3n) is 5.65. The number of halogens is 2. The summed E-state index contributed by atoms with van der Waals surface area (Å²) in [5.74, 6) is -0.201. The molecule has 0 radical (unpaired) electrons. The maximum atomic E-state index is 13.3. The van der Waals surface area contributed by atoms with Crippen LogP contribution in [-0.4, -0.2) is 42.2 Å². The van der Waals surface area contributed by atoms with E-state index in [-0.39, 0.29) is 17.9 Å². The molecule has 1 saturated heterocycles. The second-order valence-corrected chi connectivity index (χ2v) is 9.68. The van der Waals surface area contributed by atoms with Crippen molar-refractivity contribution in [2.75, 3.05) is 36.4 Å². The summed E-state index contributed by atoms with van der Waals surface area (Å²) in [6.07, 6.45) is 0. The standard InChI is InChI=1S/C24H26ClFN4S2/c1-17(27-24(31)28-20-5-2-4-18(25)16-20)23(22-6-3-15-32-22)30-13-11-29(12-14-30)21-9-7-19(26)8-10-21/h2-10,15-17,23H,11-14H2,1H3,(H2,27,28,31)/t17-,23+/m1/s1. The molecular weight excluding hydrogens is 463 g/mol. The highest BCUT2D eigenvalue weighted by Crippen LogP contribution is 2.30. The molecule has 0 unspecified atom stereocenters. The Balaban J connectivity index is 1.41. The maximum Gasteiger partial charge on any atom is 0.171 e. The zero-order chi connectivity index (χ0) is 22.5. The van der Waals surface area contributed by atoms with Crippen molar-refractivity contribution in [3.8, 4) is 0 Å². The highest BCUT2D eigenvalue weighted by atomic mass is 35.5. The van der Waals surface area contributed by atoms with Gasteiger partial charge >= 0.3 is 0 Å². The monoisotopic (exact) mass is 488 g/mol. The van der Waals surface area contributed by atoms with Gasteiger partial charge in [-0.05, 0) is 73.1 Å². The summed E-state index contributed by atoms with van der Waals surface area (Å²) in [5, 5.41) is 10.1. The molecule has 0 aliphatic carbocycles. The van der Waals surface area contributed by atoms with Crippen molar-refractivity contribution in [2.24, 2.45) is 0 Å². The lowest BCUT2D eigenvalue weighted by atomic mass is 10.0. The molecule has 32 heavy (non-hydrogen) atoms. The Labute approximate surface area is 203 Å². The molecule has 0 bridgehead atoms. The van der Waals surface area contributed by atoms with E-state index in [4.69, 9.17) is 23.8 Å². The van der Waals surface area contributed by atoms with Crippen molar-refractivity contribution in [1.82, 2.24) is 10.2 Å². The summed E-state index contributed by atoms with van der Waals surface area (Å²) in [6, 6.07) is 18.9. The molecule has 168 valence electrons. The van der Waals surface area contributed by atoms with Crippen molar-refractivity contribution in [1.29, 1.82) is 0 Å². The number of hydrogen-bond donors (Lipinski definition) is 2. The van der Waals surface area contributed by atoms with Crippen LogP contribution in [0.25, 0.3) is 0 Å². The maximum absolute atomic E-state index is 13.3. The molecule has 4 nitrogen and oxygen atoms in total. The number of thiophene rings is 1. The van der Waals surface area contributed by atoms with E-state index in [1.165, 1.54) is 17.0 Å². The summed E-state index contributed by atoms with van der Waals surface area (Å²) < 4.78 is 13.3. The number of hydrogen-bond acceptors (Lipinski definition) is 4. The Morgan fingerprint density at radius 3 is 2.47 bits per heavy atom. The van der Waals surface area contributed by atoms with Gasteiger partial charge < -0.3 is 15.5 Å². The number of anilines is 2. The van der Waals surface area contributed by atoms with E-state index in [0.29, 0.717) is 10.1 Å². The quantitative estimate of drug-likeness (QED) is 0.429. The first-order chi connectivity index (χ1) is 15.5. The highest BCUT2D eigenvalue weighted by Gasteiger charge is 2.30. The second-order valence-electron chi connectivity index (χ2n) is 7.86. The van der Waals surface area contributed by atoms with Crippen LogP contribution in [-0.2, 0) is 0 Å². The largest absolute Gasteiger partial charge is 0.369 e. The van der Waals surface area contributed by atoms with E-state index in [9.17, 15) is 4.39 Å². The molecule has 4 rings (SSSR count). The van der Waals surface area contributed by atoms with Gasteiger partial charge in [-0.3, -0.25) is 4.90 Å². The first-order valence-electron chi connectivity index (χ1n) is 10.6. The van der Waals surface area contributed by atoms with Crippen molar-refractivity contribution >= 4 is 51.6 Å². The van der Waals surface area contributed by atoms with Crippen LogP contribution in [0.1, 0.15) is 17.8 Å². The minimum absolute atomic E-state index is 0.102. The molecule has 2 aromatic carbocycles. The van der Waals surface area contributed by atoms with E-state index in [1.807, 2.05) is 36.4 Å². The number of thiocarbonyl (C=S) groups is 1. The topological polar surface area (TPSA) is 30.5 Å². The van der Waals surface area contributed by atoms with Gasteiger partial charge in [0.2, 0.25) is 0 Å². The summed E-state index contributed by atoms with van der Waals surface area (Å²) in [7, 11) is 0. The molecule has 2 heterocycles. The Morgan fingerprint density at radius 1 is 1.06 bits per heavy atom. The van der Waals surface area contributed by atoms with Crippen LogP contribution in [0, 0.1) is 5.82 Å². The zero-order valence-electron chi connectivity index (χ0n) is 17.8. The highest BCUT2D eigenvalue weighted by molar-refractivity contribution is 7.80. The Morgan fingerprint density at radius 2 is 1.81 bits per heavy atom. The molecular formula is C24H26ClFN4S2. The van der Waals surface area contributed by atoms with Crippen LogP contribution in [0.2, 0.25) is 5.02 Å². The van der Waals surface area contributed by atoms with Gasteiger partial charge in [-0.1, -0.05) is 23.7 Å². The predicted molar refractivity (Wildman–Crippen MR) is 138 cm³/mol. The Bertz CT molecular complexity index is 1020. The lowest BCUT2D eigenvalue weighted by Crippen LogP contribution is -2.52. The zero-order valence-corrected chi connectivity index (χ0v) is 20.2. The van der Waals surface area contributed by atoms with Gasteiger partial charge in [0.15, 0.2) is 5.11 Å². The lowest BCUT2D eigenvalue weighted by molar-refractivity contribution is 0.163. The van der Waals surface area contributed by atoms with Crippen molar-refractivity contribution in [3.63, 3.8) is 0 Å². The minimum Gasteiger partial charge on any atom is -0.369 e. The summed E-state index contributed by atoms with van der Waals surface area (Å²) in [6.45, 7) is 5.79. The third kappa shape index (κ3) is 5.78. The van der Waals surface area contributed by atoms with E-state index >= 15 is 0 Å². The number of nitrogens with zero attached hydrogens (tertiary/aromatic N) is 2. The molecule has 3 aromatic rings. The van der Waals surface area contributed by atoms with Crippen molar-refractivity contribution in [2.45, 2.75) is 19.0 Å². The van der Waals surface area contributed by atoms with Gasteiger partial charge in [-0.15, -0.1) is 11.3 Å². The average molecular weight is 489 g/mol. The smallest absolute Gasteiger partial charge is 0.171 e. The summed E-state index contributed by atoms with van der Waals surface area (Å²) >= 11 is 13.4. The fourth-order valence-corrected chi connectivity index (χ4v) is 5.59. The van der Waals surface area contributed by atoms with Gasteiger partial charge in [0.05, 0.1) is 6.04 Å². The molecule has 0 saturated carbocycles. The second kappa shape index (κ2) is 10.6. The van der Waals surface area contributed by atoms with Crippen LogP contribution < -0.4 is 15.5 Å². The molecule has 1 aliphatic heterocycles. The first-order valence-corrected chi connectivity index (χ1v) is 12.3. The Kier molecular flexibility index (Phi) is 7.63. The third-order valence-corrected chi connectivity index (χ3v) is 7.05. The summed E-state index contributed by atoms with van der Waals surface area (Å²) in [4.78, 5) is 6.13. The normalized spacial score (nSPS) is 16.4. The molecule has 0 spiro atoms.